The molecule has 2 nitrogen and oxygen atoms in total. The molecule has 0 aromatic carbocycles. The third kappa shape index (κ3) is 36.0. The molecule has 0 aliphatic rings. The SMILES string of the molecule is [C-]#CC(C)CC.[C-]#[N+]C(C)CC.[C-]#[N+]C(C)CC.[CH3-].[Mn]. The third-order valence-corrected chi connectivity index (χ3v) is 2.48. The van der Waals surface area contributed by atoms with Crippen LogP contribution >= 0.6 is 0 Å². The van der Waals surface area contributed by atoms with E-state index in [4.69, 9.17) is 19.6 Å². The molecular weight excluding hydrogens is 287 g/mol. The van der Waals surface area contributed by atoms with Crippen LogP contribution in [0, 0.1) is 38.8 Å². The first-order chi connectivity index (χ1) is 8.42. The Morgan fingerprint density at radius 2 is 1.15 bits per heavy atom. The zero-order valence-electron chi connectivity index (χ0n) is 14.1. The summed E-state index contributed by atoms with van der Waals surface area (Å²) in [6.45, 7) is 24.8. The topological polar surface area (TPSA) is 8.72 Å². The molecule has 0 aliphatic heterocycles. The fourth-order valence-electron chi connectivity index (χ4n) is 0.285. The Morgan fingerprint density at radius 3 is 1.15 bits per heavy atom. The van der Waals surface area contributed by atoms with E-state index in [-0.39, 0.29) is 36.6 Å². The first-order valence-corrected chi connectivity index (χ1v) is 6.58. The Hall–Kier alpha value is -0.941. The molecule has 0 N–H and O–H groups in total. The monoisotopic (exact) mass is 317 g/mol. The van der Waals surface area contributed by atoms with Crippen molar-refractivity contribution in [3.8, 4) is 5.92 Å². The van der Waals surface area contributed by atoms with Crippen LogP contribution in [0.2, 0.25) is 0 Å². The Morgan fingerprint density at radius 1 is 0.850 bits per heavy atom. The summed E-state index contributed by atoms with van der Waals surface area (Å²) in [4.78, 5) is 6.51. The van der Waals surface area contributed by atoms with Gasteiger partial charge in [0.15, 0.2) is 0 Å². The van der Waals surface area contributed by atoms with Gasteiger partial charge < -0.3 is 29.5 Å². The van der Waals surface area contributed by atoms with Gasteiger partial charge in [-0.25, -0.2) is 13.1 Å². The molecule has 0 bridgehead atoms. The molecule has 0 spiro atoms. The van der Waals surface area contributed by atoms with Gasteiger partial charge in [0.1, 0.15) is 0 Å². The fraction of sp³-hybridized carbons (Fsp3) is 0.706. The Labute approximate surface area is 138 Å². The van der Waals surface area contributed by atoms with Gasteiger partial charge in [-0.05, 0) is 12.3 Å². The van der Waals surface area contributed by atoms with Crippen LogP contribution < -0.4 is 0 Å². The van der Waals surface area contributed by atoms with E-state index in [2.05, 4.69) is 15.6 Å². The van der Waals surface area contributed by atoms with Crippen LogP contribution in [-0.2, 0) is 17.1 Å². The number of rotatable bonds is 3. The van der Waals surface area contributed by atoms with Gasteiger partial charge in [-0.2, -0.15) is 0 Å². The number of nitrogens with zero attached hydrogens (tertiary/aromatic N) is 2. The van der Waals surface area contributed by atoms with Gasteiger partial charge in [-0.3, -0.25) is 0 Å². The van der Waals surface area contributed by atoms with Gasteiger partial charge in [0, 0.05) is 43.8 Å². The second kappa shape index (κ2) is 26.6. The van der Waals surface area contributed by atoms with E-state index in [0.717, 1.165) is 19.3 Å². The molecule has 117 valence electrons. The van der Waals surface area contributed by atoms with Gasteiger partial charge in [0.2, 0.25) is 12.1 Å². The van der Waals surface area contributed by atoms with E-state index in [1.54, 1.807) is 0 Å². The molecule has 0 amide bonds. The Balaban J connectivity index is -0.0000000536. The largest absolute Gasteiger partial charge is 0.693 e. The summed E-state index contributed by atoms with van der Waals surface area (Å²) in [6.07, 6.45) is 9.54. The van der Waals surface area contributed by atoms with Gasteiger partial charge in [0.05, 0.1) is 0 Å². The van der Waals surface area contributed by atoms with E-state index in [1.807, 2.05) is 41.5 Å². The van der Waals surface area contributed by atoms with Crippen LogP contribution in [0.5, 0.6) is 0 Å². The van der Waals surface area contributed by atoms with Crippen molar-refractivity contribution in [3.05, 3.63) is 36.7 Å². The predicted molar refractivity (Wildman–Crippen MR) is 85.7 cm³/mol. The zero-order valence-corrected chi connectivity index (χ0v) is 15.3. The van der Waals surface area contributed by atoms with Crippen molar-refractivity contribution < 1.29 is 17.1 Å². The molecule has 3 heteroatoms. The summed E-state index contributed by atoms with van der Waals surface area (Å²) >= 11 is 0. The van der Waals surface area contributed by atoms with E-state index in [9.17, 15) is 0 Å². The fourth-order valence-corrected chi connectivity index (χ4v) is 0.285. The van der Waals surface area contributed by atoms with E-state index in [1.165, 1.54) is 0 Å². The molecule has 3 atom stereocenters. The zero-order chi connectivity index (χ0) is 15.0. The summed E-state index contributed by atoms with van der Waals surface area (Å²) in [5.41, 5.74) is 0. The van der Waals surface area contributed by atoms with Crippen molar-refractivity contribution in [2.75, 3.05) is 0 Å². The van der Waals surface area contributed by atoms with Crippen LogP contribution in [0.4, 0.5) is 0 Å². The van der Waals surface area contributed by atoms with Crippen LogP contribution in [-0.4, -0.2) is 12.1 Å². The average Bonchev–Trinajstić information content (AvgIpc) is 2.45. The smallest absolute Gasteiger partial charge is 0.220 e. The molecule has 0 saturated heterocycles. The van der Waals surface area contributed by atoms with Crippen molar-refractivity contribution in [2.24, 2.45) is 5.92 Å². The average molecular weight is 317 g/mol. The van der Waals surface area contributed by atoms with Gasteiger partial charge in [-0.15, -0.1) is 0 Å². The number of hydrogen-bond donors (Lipinski definition) is 0. The quantitative estimate of drug-likeness (QED) is 0.370. The molecule has 1 radical (unpaired) electrons. The number of hydrogen-bond acceptors (Lipinski definition) is 0. The Bertz CT molecular complexity index is 233. The summed E-state index contributed by atoms with van der Waals surface area (Å²) in [7, 11) is 0. The minimum absolute atomic E-state index is 0. The van der Waals surface area contributed by atoms with Crippen molar-refractivity contribution in [1.82, 2.24) is 0 Å². The molecular formula is C17H30MnN2-2. The first-order valence-electron chi connectivity index (χ1n) is 6.58. The first kappa shape index (κ1) is 31.4. The van der Waals surface area contributed by atoms with Gasteiger partial charge >= 0.3 is 0 Å². The second-order valence-electron chi connectivity index (χ2n) is 4.23. The summed E-state index contributed by atoms with van der Waals surface area (Å²) in [5, 5.41) is 0. The van der Waals surface area contributed by atoms with Crippen molar-refractivity contribution in [2.45, 2.75) is 72.9 Å². The molecule has 20 heavy (non-hydrogen) atoms. The summed E-state index contributed by atoms with van der Waals surface area (Å²) in [5.74, 6) is 2.72. The standard InChI is InChI=1S/C6H9.2C5H9N.CH3.Mn/c1-4-6(3)5-2;2*1-4-5(2)6-3;;/h6H,4H2,1,3H3;2*5H,4H2,1-2H3;1H3;/q-1;;;-1;. The maximum Gasteiger partial charge on any atom is 0.220 e. The van der Waals surface area contributed by atoms with Crippen molar-refractivity contribution in [1.29, 1.82) is 0 Å². The third-order valence-electron chi connectivity index (χ3n) is 2.48. The second-order valence-corrected chi connectivity index (χ2v) is 4.23. The minimum atomic E-state index is 0. The van der Waals surface area contributed by atoms with Crippen LogP contribution in [0.15, 0.2) is 0 Å². The normalized spacial score (nSPS) is 11.6. The van der Waals surface area contributed by atoms with Crippen molar-refractivity contribution >= 4 is 0 Å². The maximum atomic E-state index is 6.56. The molecule has 0 aromatic rings. The van der Waals surface area contributed by atoms with Crippen molar-refractivity contribution in [3.63, 3.8) is 0 Å². The van der Waals surface area contributed by atoms with E-state index >= 15 is 0 Å². The van der Waals surface area contributed by atoms with Crippen LogP contribution in [0.25, 0.3) is 9.69 Å². The molecule has 0 saturated carbocycles. The van der Waals surface area contributed by atoms with Crippen LogP contribution in [0.1, 0.15) is 60.8 Å². The van der Waals surface area contributed by atoms with Crippen LogP contribution in [0.3, 0.4) is 0 Å². The summed E-state index contributed by atoms with van der Waals surface area (Å²) < 4.78 is 0. The molecule has 0 rings (SSSR count). The Kier molecular flexibility index (Phi) is 41.8. The maximum absolute atomic E-state index is 6.56. The van der Waals surface area contributed by atoms with E-state index < -0.39 is 0 Å². The van der Waals surface area contributed by atoms with Gasteiger partial charge in [-0.1, -0.05) is 27.7 Å². The summed E-state index contributed by atoms with van der Waals surface area (Å²) in [6, 6.07) is 0.454. The predicted octanol–water partition coefficient (Wildman–Crippen LogP) is 5.48. The minimum Gasteiger partial charge on any atom is -0.693 e. The molecule has 0 aliphatic carbocycles. The van der Waals surface area contributed by atoms with Gasteiger partial charge in [0.25, 0.3) is 0 Å². The van der Waals surface area contributed by atoms with E-state index in [0.29, 0.717) is 5.92 Å². The molecule has 0 fully saturated rings. The molecule has 3 unspecified atom stereocenters. The molecule has 0 heterocycles. The molecule has 0 aromatic heterocycles.